The molecular formula is C17H24N6O2. The van der Waals surface area contributed by atoms with E-state index in [2.05, 4.69) is 32.3 Å². The Labute approximate surface area is 146 Å². The molecule has 0 aromatic carbocycles. The monoisotopic (exact) mass is 344 g/mol. The molecule has 8 nitrogen and oxygen atoms in total. The van der Waals surface area contributed by atoms with Crippen molar-refractivity contribution >= 4 is 5.91 Å². The van der Waals surface area contributed by atoms with E-state index >= 15 is 0 Å². The quantitative estimate of drug-likeness (QED) is 0.914. The Kier molecular flexibility index (Phi) is 4.07. The van der Waals surface area contributed by atoms with E-state index in [1.54, 1.807) is 0 Å². The number of carbonyl (C=O) groups excluding carboxylic acids is 1. The lowest BCUT2D eigenvalue weighted by Crippen LogP contribution is -2.33. The van der Waals surface area contributed by atoms with Crippen LogP contribution < -0.4 is 0 Å². The topological polar surface area (TPSA) is 91.2 Å². The number of aromatic nitrogens is 4. The molecule has 1 amide bonds. The zero-order valence-electron chi connectivity index (χ0n) is 14.9. The fourth-order valence-electron chi connectivity index (χ4n) is 3.63. The number of aromatic amines is 1. The molecule has 0 unspecified atom stereocenters. The molecule has 0 saturated carbocycles. The highest BCUT2D eigenvalue weighted by Crippen LogP contribution is 2.33. The molecule has 0 radical (unpaired) electrons. The average molecular weight is 344 g/mol. The number of carbonyl (C=O) groups is 1. The van der Waals surface area contributed by atoms with Crippen molar-refractivity contribution in [2.24, 2.45) is 0 Å². The first-order valence-electron chi connectivity index (χ1n) is 8.93. The summed E-state index contributed by atoms with van der Waals surface area (Å²) < 4.78 is 5.45. The van der Waals surface area contributed by atoms with Crippen LogP contribution >= 0.6 is 0 Å². The van der Waals surface area contributed by atoms with Gasteiger partial charge in [0.1, 0.15) is 6.04 Å². The van der Waals surface area contributed by atoms with Crippen molar-refractivity contribution in [3.05, 3.63) is 28.7 Å². The van der Waals surface area contributed by atoms with Gasteiger partial charge in [-0.1, -0.05) is 19.0 Å². The molecule has 1 fully saturated rings. The summed E-state index contributed by atoms with van der Waals surface area (Å²) in [7, 11) is 2.06. The van der Waals surface area contributed by atoms with Crippen molar-refractivity contribution in [2.75, 3.05) is 20.1 Å². The lowest BCUT2D eigenvalue weighted by molar-refractivity contribution is 0.0701. The molecule has 1 N–H and O–H groups in total. The molecule has 0 spiro atoms. The van der Waals surface area contributed by atoms with Crippen LogP contribution in [0.4, 0.5) is 0 Å². The molecule has 4 heterocycles. The van der Waals surface area contributed by atoms with Gasteiger partial charge in [0.25, 0.3) is 5.91 Å². The summed E-state index contributed by atoms with van der Waals surface area (Å²) >= 11 is 0. The highest BCUT2D eigenvalue weighted by Gasteiger charge is 2.37. The minimum atomic E-state index is -0.152. The number of likely N-dealkylation sites (tertiary alicyclic amines) is 1. The normalized spacial score (nSPS) is 21.1. The first-order valence-corrected chi connectivity index (χ1v) is 8.93. The molecule has 2 aliphatic rings. The van der Waals surface area contributed by atoms with E-state index in [-0.39, 0.29) is 17.9 Å². The summed E-state index contributed by atoms with van der Waals surface area (Å²) in [4.78, 5) is 21.7. The minimum Gasteiger partial charge on any atom is -0.337 e. The Morgan fingerprint density at radius 1 is 1.36 bits per heavy atom. The Morgan fingerprint density at radius 2 is 2.20 bits per heavy atom. The SMILES string of the molecule is CC(C)c1noc([C@H]2CCCN2C(=O)c2n[nH]c3c2CN(C)CC3)n1. The second kappa shape index (κ2) is 6.25. The lowest BCUT2D eigenvalue weighted by Gasteiger charge is -2.24. The van der Waals surface area contributed by atoms with E-state index < -0.39 is 0 Å². The van der Waals surface area contributed by atoms with E-state index in [9.17, 15) is 4.79 Å². The lowest BCUT2D eigenvalue weighted by atomic mass is 10.1. The maximum absolute atomic E-state index is 13.1. The third-order valence-corrected chi connectivity index (χ3v) is 5.10. The zero-order valence-corrected chi connectivity index (χ0v) is 14.9. The molecule has 2 aromatic heterocycles. The van der Waals surface area contributed by atoms with E-state index in [4.69, 9.17) is 4.52 Å². The molecule has 25 heavy (non-hydrogen) atoms. The molecule has 1 saturated heterocycles. The molecule has 8 heteroatoms. The van der Waals surface area contributed by atoms with Crippen LogP contribution in [0.15, 0.2) is 4.52 Å². The summed E-state index contributed by atoms with van der Waals surface area (Å²) in [5.41, 5.74) is 2.65. The fraction of sp³-hybridized carbons (Fsp3) is 0.647. The third kappa shape index (κ3) is 2.84. The summed E-state index contributed by atoms with van der Waals surface area (Å²) in [6, 6.07) is -0.152. The van der Waals surface area contributed by atoms with Crippen LogP contribution in [0.5, 0.6) is 0 Å². The van der Waals surface area contributed by atoms with Gasteiger partial charge in [0, 0.05) is 43.2 Å². The van der Waals surface area contributed by atoms with Crippen molar-refractivity contribution in [3.63, 3.8) is 0 Å². The van der Waals surface area contributed by atoms with Gasteiger partial charge in [-0.3, -0.25) is 9.89 Å². The third-order valence-electron chi connectivity index (χ3n) is 5.10. The van der Waals surface area contributed by atoms with Crippen LogP contribution in [0.1, 0.15) is 72.1 Å². The minimum absolute atomic E-state index is 0.0420. The number of H-pyrrole nitrogens is 1. The van der Waals surface area contributed by atoms with Gasteiger partial charge in [-0.2, -0.15) is 10.1 Å². The number of fused-ring (bicyclic) bond motifs is 1. The van der Waals surface area contributed by atoms with E-state index in [1.165, 1.54) is 0 Å². The van der Waals surface area contributed by atoms with Crippen LogP contribution in [-0.4, -0.2) is 56.2 Å². The predicted molar refractivity (Wildman–Crippen MR) is 90.0 cm³/mol. The average Bonchev–Trinajstić information content (AvgIpc) is 3.31. The van der Waals surface area contributed by atoms with Gasteiger partial charge < -0.3 is 14.3 Å². The molecule has 0 bridgehead atoms. The zero-order chi connectivity index (χ0) is 17.6. The smallest absolute Gasteiger partial charge is 0.275 e. The number of hydrogen-bond acceptors (Lipinski definition) is 6. The Hall–Kier alpha value is -2.22. The highest BCUT2D eigenvalue weighted by atomic mass is 16.5. The van der Waals surface area contributed by atoms with Gasteiger partial charge in [-0.05, 0) is 19.9 Å². The second-order valence-electron chi connectivity index (χ2n) is 7.32. The molecule has 2 aromatic rings. The number of nitrogens with zero attached hydrogens (tertiary/aromatic N) is 5. The van der Waals surface area contributed by atoms with Gasteiger partial charge in [0.2, 0.25) is 5.89 Å². The number of amides is 1. The predicted octanol–water partition coefficient (Wildman–Crippen LogP) is 1.88. The molecular weight excluding hydrogens is 320 g/mol. The Morgan fingerprint density at radius 3 is 2.96 bits per heavy atom. The van der Waals surface area contributed by atoms with E-state index in [0.29, 0.717) is 24.0 Å². The largest absolute Gasteiger partial charge is 0.337 e. The van der Waals surface area contributed by atoms with E-state index in [1.807, 2.05) is 18.7 Å². The fourth-order valence-corrected chi connectivity index (χ4v) is 3.63. The number of hydrogen-bond donors (Lipinski definition) is 1. The highest BCUT2D eigenvalue weighted by molar-refractivity contribution is 5.94. The van der Waals surface area contributed by atoms with Crippen LogP contribution in [0.3, 0.4) is 0 Å². The van der Waals surface area contributed by atoms with Crippen LogP contribution in [0.2, 0.25) is 0 Å². The van der Waals surface area contributed by atoms with Gasteiger partial charge in [0.15, 0.2) is 11.5 Å². The maximum Gasteiger partial charge on any atom is 0.275 e. The van der Waals surface area contributed by atoms with Crippen LogP contribution in [0.25, 0.3) is 0 Å². The van der Waals surface area contributed by atoms with E-state index in [0.717, 1.165) is 43.6 Å². The summed E-state index contributed by atoms with van der Waals surface area (Å²) in [6.07, 6.45) is 2.68. The molecule has 134 valence electrons. The Bertz CT molecular complexity index is 780. The van der Waals surface area contributed by atoms with Crippen molar-refractivity contribution in [1.29, 1.82) is 0 Å². The van der Waals surface area contributed by atoms with Crippen molar-refractivity contribution in [2.45, 2.75) is 51.6 Å². The number of rotatable bonds is 3. The maximum atomic E-state index is 13.1. The molecule has 2 aliphatic heterocycles. The van der Waals surface area contributed by atoms with Crippen molar-refractivity contribution in [3.8, 4) is 0 Å². The molecule has 0 aliphatic carbocycles. The van der Waals surface area contributed by atoms with Crippen LogP contribution in [-0.2, 0) is 13.0 Å². The van der Waals surface area contributed by atoms with Gasteiger partial charge in [-0.25, -0.2) is 0 Å². The Balaban J connectivity index is 1.60. The summed E-state index contributed by atoms with van der Waals surface area (Å²) in [5, 5.41) is 11.4. The molecule has 4 rings (SSSR count). The molecule has 1 atom stereocenters. The van der Waals surface area contributed by atoms with Crippen LogP contribution in [0, 0.1) is 0 Å². The van der Waals surface area contributed by atoms with Crippen molar-refractivity contribution in [1.82, 2.24) is 30.1 Å². The number of likely N-dealkylation sites (N-methyl/N-ethyl adjacent to an activating group) is 1. The van der Waals surface area contributed by atoms with Gasteiger partial charge in [0.05, 0.1) is 0 Å². The second-order valence-corrected chi connectivity index (χ2v) is 7.32. The number of nitrogens with one attached hydrogen (secondary N) is 1. The standard InChI is InChI=1S/C17H24N6O2/c1-10(2)15-18-16(25-21-15)13-5-4-7-23(13)17(24)14-11-9-22(3)8-6-12(11)19-20-14/h10,13H,4-9H2,1-3H3,(H,19,20)/t13-/m1/s1. The van der Waals surface area contributed by atoms with Gasteiger partial charge >= 0.3 is 0 Å². The van der Waals surface area contributed by atoms with Gasteiger partial charge in [-0.15, -0.1) is 0 Å². The first-order chi connectivity index (χ1) is 12.0. The summed E-state index contributed by atoms with van der Waals surface area (Å²) in [5.74, 6) is 1.39. The first kappa shape index (κ1) is 16.3. The van der Waals surface area contributed by atoms with Crippen molar-refractivity contribution < 1.29 is 9.32 Å². The summed E-state index contributed by atoms with van der Waals surface area (Å²) in [6.45, 7) is 6.48.